The molecule has 5 nitrogen and oxygen atoms in total. The number of carbonyl (C=O) groups excluding carboxylic acids is 1. The maximum Gasteiger partial charge on any atom is 0.232 e. The molecule has 21 heavy (non-hydrogen) atoms. The summed E-state index contributed by atoms with van der Waals surface area (Å²) < 4.78 is 22.9. The largest absolute Gasteiger partial charge is 0.398 e. The van der Waals surface area contributed by atoms with Gasteiger partial charge in [0.2, 0.25) is 5.91 Å². The van der Waals surface area contributed by atoms with Crippen molar-refractivity contribution in [1.29, 1.82) is 0 Å². The highest BCUT2D eigenvalue weighted by Gasteiger charge is 2.32. The van der Waals surface area contributed by atoms with Crippen LogP contribution in [0.5, 0.6) is 0 Å². The molecule has 0 aromatic heterocycles. The average Bonchev–Trinajstić information content (AvgIpc) is 2.79. The Morgan fingerprint density at radius 1 is 1.52 bits per heavy atom. The Morgan fingerprint density at radius 3 is 2.86 bits per heavy atom. The highest BCUT2D eigenvalue weighted by molar-refractivity contribution is 8.00. The fourth-order valence-electron chi connectivity index (χ4n) is 2.16. The van der Waals surface area contributed by atoms with Crippen LogP contribution in [0.2, 0.25) is 5.02 Å². The lowest BCUT2D eigenvalue weighted by Gasteiger charge is -2.23. The normalized spacial score (nSPS) is 20.4. The van der Waals surface area contributed by atoms with E-state index in [1.54, 1.807) is 25.2 Å². The van der Waals surface area contributed by atoms with Crippen molar-refractivity contribution in [3.05, 3.63) is 23.2 Å². The van der Waals surface area contributed by atoms with Crippen molar-refractivity contribution < 1.29 is 13.2 Å². The minimum absolute atomic E-state index is 0.0548. The number of nitrogens with two attached hydrogens (primary N) is 1. The summed E-state index contributed by atoms with van der Waals surface area (Å²) in [6.45, 7) is 0. The molecule has 1 aliphatic heterocycles. The first-order valence-electron chi connectivity index (χ1n) is 6.42. The minimum Gasteiger partial charge on any atom is -0.398 e. The fourth-order valence-corrected chi connectivity index (χ4v) is 5.10. The number of nitrogen functional groups attached to an aromatic ring is 1. The van der Waals surface area contributed by atoms with E-state index >= 15 is 0 Å². The first-order chi connectivity index (χ1) is 9.78. The summed E-state index contributed by atoms with van der Waals surface area (Å²) in [4.78, 5) is 14.4. The van der Waals surface area contributed by atoms with Gasteiger partial charge >= 0.3 is 0 Å². The van der Waals surface area contributed by atoms with Gasteiger partial charge in [-0.3, -0.25) is 4.79 Å². The smallest absolute Gasteiger partial charge is 0.232 e. The van der Waals surface area contributed by atoms with Crippen LogP contribution in [0.4, 0.5) is 5.69 Å². The third-order valence-electron chi connectivity index (χ3n) is 3.48. The molecule has 1 heterocycles. The van der Waals surface area contributed by atoms with Gasteiger partial charge < -0.3 is 10.6 Å². The van der Waals surface area contributed by atoms with Crippen LogP contribution in [0.3, 0.4) is 0 Å². The van der Waals surface area contributed by atoms with Crippen LogP contribution in [0.1, 0.15) is 6.42 Å². The molecule has 0 bridgehead atoms. The zero-order valence-electron chi connectivity index (χ0n) is 11.6. The summed E-state index contributed by atoms with van der Waals surface area (Å²) in [5, 5.41) is 0.564. The number of nitrogens with zero attached hydrogens (tertiary/aromatic N) is 1. The van der Waals surface area contributed by atoms with E-state index < -0.39 is 9.84 Å². The van der Waals surface area contributed by atoms with E-state index in [1.807, 2.05) is 0 Å². The van der Waals surface area contributed by atoms with E-state index in [2.05, 4.69) is 0 Å². The van der Waals surface area contributed by atoms with Crippen LogP contribution < -0.4 is 5.73 Å². The third kappa shape index (κ3) is 4.28. The summed E-state index contributed by atoms with van der Waals surface area (Å²) >= 11 is 7.20. The molecule has 1 saturated heterocycles. The Morgan fingerprint density at radius 2 is 2.24 bits per heavy atom. The average molecular weight is 349 g/mol. The van der Waals surface area contributed by atoms with E-state index in [-0.39, 0.29) is 29.2 Å². The summed E-state index contributed by atoms with van der Waals surface area (Å²) in [5.41, 5.74) is 6.40. The van der Waals surface area contributed by atoms with Gasteiger partial charge in [0.15, 0.2) is 9.84 Å². The van der Waals surface area contributed by atoms with Gasteiger partial charge in [-0.1, -0.05) is 11.6 Å². The molecule has 2 rings (SSSR count). The Bertz CT molecular complexity index is 649. The number of halogens is 1. The molecule has 0 aliphatic carbocycles. The fraction of sp³-hybridized carbons (Fsp3) is 0.462. The van der Waals surface area contributed by atoms with Crippen LogP contribution in [-0.4, -0.2) is 49.6 Å². The Kier molecular flexibility index (Phi) is 5.06. The molecule has 1 fully saturated rings. The van der Waals surface area contributed by atoms with Crippen LogP contribution in [0.15, 0.2) is 23.1 Å². The predicted molar refractivity (Wildman–Crippen MR) is 86.4 cm³/mol. The van der Waals surface area contributed by atoms with E-state index in [9.17, 15) is 13.2 Å². The zero-order chi connectivity index (χ0) is 15.6. The second-order valence-corrected chi connectivity index (χ2v) is 8.71. The number of hydrogen-bond acceptors (Lipinski definition) is 5. The maximum absolute atomic E-state index is 12.1. The second-order valence-electron chi connectivity index (χ2n) is 5.03. The standard InChI is InChI=1S/C13H17ClN2O3S2/c1-16(10-4-5-21(18,19)8-10)13(17)7-20-12-6-9(14)2-3-11(12)15/h2-3,6,10H,4-5,7-8,15H2,1H3. The number of thioether (sulfide) groups is 1. The molecule has 0 saturated carbocycles. The van der Waals surface area contributed by atoms with Crippen LogP contribution in [0, 0.1) is 0 Å². The van der Waals surface area contributed by atoms with Gasteiger partial charge in [-0.25, -0.2) is 8.42 Å². The van der Waals surface area contributed by atoms with Crippen molar-refractivity contribution in [1.82, 2.24) is 4.90 Å². The van der Waals surface area contributed by atoms with Crippen molar-refractivity contribution in [2.75, 3.05) is 30.0 Å². The van der Waals surface area contributed by atoms with E-state index in [0.717, 1.165) is 4.90 Å². The lowest BCUT2D eigenvalue weighted by Crippen LogP contribution is -2.38. The predicted octanol–water partition coefficient (Wildman–Crippen LogP) is 1.66. The lowest BCUT2D eigenvalue weighted by atomic mass is 10.2. The Hall–Kier alpha value is -0.920. The first-order valence-corrected chi connectivity index (χ1v) is 9.61. The first kappa shape index (κ1) is 16.5. The van der Waals surface area contributed by atoms with E-state index in [0.29, 0.717) is 17.1 Å². The molecule has 1 amide bonds. The van der Waals surface area contributed by atoms with Crippen molar-refractivity contribution in [3.8, 4) is 0 Å². The number of carbonyl (C=O) groups is 1. The Labute approximate surface area is 133 Å². The summed E-state index contributed by atoms with van der Waals surface area (Å²) in [6, 6.07) is 4.88. The lowest BCUT2D eigenvalue weighted by molar-refractivity contribution is -0.128. The van der Waals surface area contributed by atoms with Crippen LogP contribution >= 0.6 is 23.4 Å². The molecule has 1 unspecified atom stereocenters. The van der Waals surface area contributed by atoms with Crippen LogP contribution in [-0.2, 0) is 14.6 Å². The van der Waals surface area contributed by atoms with E-state index in [4.69, 9.17) is 17.3 Å². The molecule has 1 atom stereocenters. The van der Waals surface area contributed by atoms with Gasteiger partial charge in [0.25, 0.3) is 0 Å². The molecule has 116 valence electrons. The van der Waals surface area contributed by atoms with Crippen molar-refractivity contribution in [2.24, 2.45) is 0 Å². The van der Waals surface area contributed by atoms with Gasteiger partial charge in [-0.15, -0.1) is 11.8 Å². The van der Waals surface area contributed by atoms with E-state index in [1.165, 1.54) is 16.7 Å². The molecular weight excluding hydrogens is 332 g/mol. The highest BCUT2D eigenvalue weighted by atomic mass is 35.5. The topological polar surface area (TPSA) is 80.5 Å². The number of rotatable bonds is 4. The number of sulfone groups is 1. The molecule has 0 spiro atoms. The van der Waals surface area contributed by atoms with Gasteiger partial charge in [-0.2, -0.15) is 0 Å². The van der Waals surface area contributed by atoms with Crippen molar-refractivity contribution in [3.63, 3.8) is 0 Å². The summed E-state index contributed by atoms with van der Waals surface area (Å²) in [7, 11) is -1.34. The quantitative estimate of drug-likeness (QED) is 0.661. The molecule has 2 N–H and O–H groups in total. The molecule has 1 aliphatic rings. The highest BCUT2D eigenvalue weighted by Crippen LogP contribution is 2.28. The molecule has 0 radical (unpaired) electrons. The number of anilines is 1. The maximum atomic E-state index is 12.1. The molecule has 8 heteroatoms. The molecule has 1 aromatic rings. The Balaban J connectivity index is 1.94. The van der Waals surface area contributed by atoms with Gasteiger partial charge in [0, 0.05) is 28.7 Å². The summed E-state index contributed by atoms with van der Waals surface area (Å²) in [5.74, 6) is 0.307. The van der Waals surface area contributed by atoms with Crippen molar-refractivity contribution >= 4 is 44.8 Å². The monoisotopic (exact) mass is 348 g/mol. The number of amides is 1. The van der Waals surface area contributed by atoms with Gasteiger partial charge in [0.05, 0.1) is 17.3 Å². The van der Waals surface area contributed by atoms with Crippen molar-refractivity contribution in [2.45, 2.75) is 17.4 Å². The van der Waals surface area contributed by atoms with Gasteiger partial charge in [0.1, 0.15) is 0 Å². The third-order valence-corrected chi connectivity index (χ3v) is 6.52. The molecular formula is C13H17ClN2O3S2. The summed E-state index contributed by atoms with van der Waals surface area (Å²) in [6.07, 6.45) is 0.508. The second kappa shape index (κ2) is 6.46. The minimum atomic E-state index is -2.99. The number of benzene rings is 1. The SMILES string of the molecule is CN(C(=O)CSc1cc(Cl)ccc1N)C1CCS(=O)(=O)C1. The van der Waals surface area contributed by atoms with Crippen LogP contribution in [0.25, 0.3) is 0 Å². The molecule has 1 aromatic carbocycles. The zero-order valence-corrected chi connectivity index (χ0v) is 14.0. The van der Waals surface area contributed by atoms with Gasteiger partial charge in [-0.05, 0) is 24.6 Å². The number of hydrogen-bond donors (Lipinski definition) is 1.